The molecule has 6 heteroatoms. The van der Waals surface area contributed by atoms with E-state index in [2.05, 4.69) is 18.3 Å². The molecule has 1 unspecified atom stereocenters. The second-order valence-electron chi connectivity index (χ2n) is 7.19. The minimum absolute atomic E-state index is 0.282. The van der Waals surface area contributed by atoms with Crippen molar-refractivity contribution in [2.45, 2.75) is 45.6 Å². The van der Waals surface area contributed by atoms with Crippen molar-refractivity contribution in [3.05, 3.63) is 45.3 Å². The second kappa shape index (κ2) is 7.30. The molecule has 0 spiro atoms. The molecular formula is C20H21ClN2O2S. The third-order valence-corrected chi connectivity index (χ3v) is 6.01. The van der Waals surface area contributed by atoms with E-state index in [0.717, 1.165) is 24.8 Å². The van der Waals surface area contributed by atoms with Gasteiger partial charge in [-0.05, 0) is 68.9 Å². The number of nitrogens with zero attached hydrogens (tertiary/aromatic N) is 1. The van der Waals surface area contributed by atoms with Crippen LogP contribution >= 0.6 is 22.9 Å². The first kappa shape index (κ1) is 18.8. The number of rotatable bonds is 4. The van der Waals surface area contributed by atoms with Crippen LogP contribution in [0.25, 0.3) is 0 Å². The minimum Gasteiger partial charge on any atom is -0.478 e. The SMILES string of the molecule is CC1CCc2c(sc(NC(=O)C(C)(C)Oc3ccc(Cl)cc3)c2C#N)C1. The van der Waals surface area contributed by atoms with Gasteiger partial charge in [-0.2, -0.15) is 5.26 Å². The van der Waals surface area contributed by atoms with Crippen molar-refractivity contribution in [1.82, 2.24) is 0 Å². The Morgan fingerprint density at radius 1 is 1.38 bits per heavy atom. The fraction of sp³-hybridized carbons (Fsp3) is 0.400. The van der Waals surface area contributed by atoms with E-state index in [-0.39, 0.29) is 5.91 Å². The molecule has 136 valence electrons. The highest BCUT2D eigenvalue weighted by Gasteiger charge is 2.32. The van der Waals surface area contributed by atoms with Crippen molar-refractivity contribution >= 4 is 33.8 Å². The van der Waals surface area contributed by atoms with Crippen molar-refractivity contribution in [3.63, 3.8) is 0 Å². The Morgan fingerprint density at radius 3 is 2.73 bits per heavy atom. The van der Waals surface area contributed by atoms with E-state index in [4.69, 9.17) is 16.3 Å². The lowest BCUT2D eigenvalue weighted by molar-refractivity contribution is -0.128. The number of halogens is 1. The zero-order valence-corrected chi connectivity index (χ0v) is 16.6. The van der Waals surface area contributed by atoms with Crippen LogP contribution in [0, 0.1) is 17.2 Å². The summed E-state index contributed by atoms with van der Waals surface area (Å²) < 4.78 is 5.83. The first-order chi connectivity index (χ1) is 12.3. The number of amides is 1. The zero-order chi connectivity index (χ0) is 18.9. The van der Waals surface area contributed by atoms with Crippen molar-refractivity contribution < 1.29 is 9.53 Å². The maximum absolute atomic E-state index is 12.8. The van der Waals surface area contributed by atoms with Crippen LogP contribution in [0.2, 0.25) is 5.02 Å². The number of hydrogen-bond donors (Lipinski definition) is 1. The Bertz CT molecular complexity index is 865. The van der Waals surface area contributed by atoms with Crippen LogP contribution in [-0.2, 0) is 17.6 Å². The first-order valence-corrected chi connectivity index (χ1v) is 9.80. The maximum atomic E-state index is 12.8. The van der Waals surface area contributed by atoms with E-state index in [1.54, 1.807) is 38.1 Å². The molecule has 1 N–H and O–H groups in total. The Kier molecular flexibility index (Phi) is 5.27. The van der Waals surface area contributed by atoms with Crippen molar-refractivity contribution in [3.8, 4) is 11.8 Å². The summed E-state index contributed by atoms with van der Waals surface area (Å²) in [6.45, 7) is 5.63. The lowest BCUT2D eigenvalue weighted by Crippen LogP contribution is -2.42. The van der Waals surface area contributed by atoms with Crippen molar-refractivity contribution in [2.24, 2.45) is 5.92 Å². The Labute approximate surface area is 162 Å². The van der Waals surface area contributed by atoms with Gasteiger partial charge >= 0.3 is 0 Å². The fourth-order valence-corrected chi connectivity index (χ4v) is 4.54. The number of hydrogen-bond acceptors (Lipinski definition) is 4. The van der Waals surface area contributed by atoms with E-state index in [0.29, 0.717) is 27.3 Å². The molecule has 0 saturated carbocycles. The number of benzene rings is 1. The molecule has 4 nitrogen and oxygen atoms in total. The number of fused-ring (bicyclic) bond motifs is 1. The maximum Gasteiger partial charge on any atom is 0.268 e. The van der Waals surface area contributed by atoms with Crippen LogP contribution in [0.3, 0.4) is 0 Å². The Balaban J connectivity index is 1.79. The summed E-state index contributed by atoms with van der Waals surface area (Å²) in [5.74, 6) is 0.894. The second-order valence-corrected chi connectivity index (χ2v) is 8.73. The predicted molar refractivity (Wildman–Crippen MR) is 105 cm³/mol. The van der Waals surface area contributed by atoms with Crippen molar-refractivity contribution in [2.75, 3.05) is 5.32 Å². The van der Waals surface area contributed by atoms with Gasteiger partial charge in [0.15, 0.2) is 5.60 Å². The topological polar surface area (TPSA) is 62.1 Å². The lowest BCUT2D eigenvalue weighted by atomic mass is 9.88. The van der Waals surface area contributed by atoms with Gasteiger partial charge in [-0.1, -0.05) is 18.5 Å². The highest BCUT2D eigenvalue weighted by atomic mass is 35.5. The number of anilines is 1. The number of ether oxygens (including phenoxy) is 1. The molecule has 0 saturated heterocycles. The molecule has 0 bridgehead atoms. The molecule has 0 radical (unpaired) electrons. The van der Waals surface area contributed by atoms with Gasteiger partial charge in [-0.15, -0.1) is 11.3 Å². The molecule has 1 aliphatic carbocycles. The average Bonchev–Trinajstić information content (AvgIpc) is 2.92. The monoisotopic (exact) mass is 388 g/mol. The quantitative estimate of drug-likeness (QED) is 0.783. The van der Waals surface area contributed by atoms with Crippen LogP contribution in [0.5, 0.6) is 5.75 Å². The Morgan fingerprint density at radius 2 is 2.08 bits per heavy atom. The highest BCUT2D eigenvalue weighted by molar-refractivity contribution is 7.16. The normalized spacial score (nSPS) is 16.5. The summed E-state index contributed by atoms with van der Waals surface area (Å²) in [5, 5.41) is 13.7. The smallest absolute Gasteiger partial charge is 0.268 e. The van der Waals surface area contributed by atoms with Crippen LogP contribution in [0.15, 0.2) is 24.3 Å². The third-order valence-electron chi connectivity index (χ3n) is 4.58. The number of thiophene rings is 1. The van der Waals surface area contributed by atoms with Gasteiger partial charge in [0.05, 0.1) is 5.56 Å². The summed E-state index contributed by atoms with van der Waals surface area (Å²) in [5.41, 5.74) is 0.619. The third kappa shape index (κ3) is 3.87. The number of carbonyl (C=O) groups excluding carboxylic acids is 1. The molecule has 0 fully saturated rings. The summed E-state index contributed by atoms with van der Waals surface area (Å²) in [7, 11) is 0. The molecule has 1 atom stereocenters. The number of carbonyl (C=O) groups is 1. The van der Waals surface area contributed by atoms with Crippen molar-refractivity contribution in [1.29, 1.82) is 5.26 Å². The molecule has 1 aliphatic rings. The van der Waals surface area contributed by atoms with E-state index >= 15 is 0 Å². The van der Waals surface area contributed by atoms with E-state index < -0.39 is 5.60 Å². The van der Waals surface area contributed by atoms with Crippen LogP contribution in [-0.4, -0.2) is 11.5 Å². The van der Waals surface area contributed by atoms with E-state index in [1.807, 2.05) is 0 Å². The lowest BCUT2D eigenvalue weighted by Gasteiger charge is -2.25. The number of nitrogens with one attached hydrogen (secondary N) is 1. The summed E-state index contributed by atoms with van der Waals surface area (Å²) in [6.07, 6.45) is 2.95. The summed E-state index contributed by atoms with van der Waals surface area (Å²) in [4.78, 5) is 14.0. The van der Waals surface area contributed by atoms with Gasteiger partial charge in [-0.25, -0.2) is 0 Å². The predicted octanol–water partition coefficient (Wildman–Crippen LogP) is 5.19. The van der Waals surface area contributed by atoms with Gasteiger partial charge < -0.3 is 10.1 Å². The molecule has 1 aromatic carbocycles. The minimum atomic E-state index is -1.08. The molecule has 1 heterocycles. The summed E-state index contributed by atoms with van der Waals surface area (Å²) >= 11 is 7.40. The molecule has 3 rings (SSSR count). The van der Waals surface area contributed by atoms with Gasteiger partial charge in [0.2, 0.25) is 0 Å². The molecular weight excluding hydrogens is 368 g/mol. The molecule has 2 aromatic rings. The number of nitriles is 1. The fourth-order valence-electron chi connectivity index (χ4n) is 3.05. The average molecular weight is 389 g/mol. The van der Waals surface area contributed by atoms with Gasteiger partial charge in [0.25, 0.3) is 5.91 Å². The van der Waals surface area contributed by atoms with Gasteiger partial charge in [0.1, 0.15) is 16.8 Å². The van der Waals surface area contributed by atoms with Crippen LogP contribution in [0.1, 0.15) is 43.2 Å². The van der Waals surface area contributed by atoms with E-state index in [9.17, 15) is 10.1 Å². The van der Waals surface area contributed by atoms with Crippen LogP contribution < -0.4 is 10.1 Å². The highest BCUT2D eigenvalue weighted by Crippen LogP contribution is 2.39. The standard InChI is InChI=1S/C20H21ClN2O2S/c1-12-4-9-15-16(11-22)18(26-17(15)10-12)23-19(24)20(2,3)25-14-7-5-13(21)6-8-14/h5-8,12H,4,9-10H2,1-3H3,(H,23,24). The molecule has 1 aromatic heterocycles. The molecule has 26 heavy (non-hydrogen) atoms. The molecule has 1 amide bonds. The largest absolute Gasteiger partial charge is 0.478 e. The molecule has 0 aliphatic heterocycles. The van der Waals surface area contributed by atoms with Gasteiger partial charge in [0, 0.05) is 9.90 Å². The first-order valence-electron chi connectivity index (χ1n) is 8.61. The summed E-state index contributed by atoms with van der Waals surface area (Å²) in [6, 6.07) is 9.15. The Hall–Kier alpha value is -2.03. The van der Waals surface area contributed by atoms with E-state index in [1.165, 1.54) is 16.2 Å². The zero-order valence-electron chi connectivity index (χ0n) is 15.1. The van der Waals surface area contributed by atoms with Crippen LogP contribution in [0.4, 0.5) is 5.00 Å². The van der Waals surface area contributed by atoms with Gasteiger partial charge in [-0.3, -0.25) is 4.79 Å².